The Morgan fingerprint density at radius 3 is 2.61 bits per heavy atom. The molecule has 4 rings (SSSR count). The molecule has 33 heavy (non-hydrogen) atoms. The van der Waals surface area contributed by atoms with E-state index in [9.17, 15) is 14.4 Å². The summed E-state index contributed by atoms with van der Waals surface area (Å²) in [5.74, 6) is -0.502. The van der Waals surface area contributed by atoms with Gasteiger partial charge in [-0.3, -0.25) is 9.59 Å². The predicted octanol–water partition coefficient (Wildman–Crippen LogP) is 3.25. The fourth-order valence-corrected chi connectivity index (χ4v) is 4.68. The van der Waals surface area contributed by atoms with Gasteiger partial charge in [0.2, 0.25) is 5.91 Å². The minimum absolute atomic E-state index is 0.0460. The summed E-state index contributed by atoms with van der Waals surface area (Å²) >= 11 is 0. The first-order chi connectivity index (χ1) is 16.0. The third-order valence-corrected chi connectivity index (χ3v) is 6.44. The second-order valence-corrected chi connectivity index (χ2v) is 8.48. The van der Waals surface area contributed by atoms with Crippen LogP contribution in [0.15, 0.2) is 42.5 Å². The third-order valence-electron chi connectivity index (χ3n) is 6.44. The van der Waals surface area contributed by atoms with E-state index in [0.717, 1.165) is 36.1 Å². The Morgan fingerprint density at radius 1 is 1.09 bits per heavy atom. The standard InChI is InChI=1S/C26H27N3O4/c1-33-26(32)23-5-3-15-29(23)25(31)21-11-12-22-20(16-21)4-2-14-28(22)24(30)13-10-18-6-8-19(17-27)9-7-18/h6-9,11-12,16,23H,2-5,10,13-15H2,1H3. The number of esters is 1. The molecule has 2 aromatic rings. The Bertz CT molecular complexity index is 1100. The van der Waals surface area contributed by atoms with Crippen LogP contribution in [0.3, 0.4) is 0 Å². The number of anilines is 1. The van der Waals surface area contributed by atoms with E-state index in [4.69, 9.17) is 10.00 Å². The van der Waals surface area contributed by atoms with Crippen LogP contribution >= 0.6 is 0 Å². The molecule has 0 spiro atoms. The topological polar surface area (TPSA) is 90.7 Å². The summed E-state index contributed by atoms with van der Waals surface area (Å²) in [6.07, 6.45) is 4.01. The molecule has 2 aromatic carbocycles. The van der Waals surface area contributed by atoms with Crippen molar-refractivity contribution in [2.24, 2.45) is 0 Å². The first-order valence-electron chi connectivity index (χ1n) is 11.3. The molecule has 2 heterocycles. The number of carbonyl (C=O) groups is 3. The molecule has 2 aliphatic rings. The van der Waals surface area contributed by atoms with Crippen LogP contribution < -0.4 is 4.90 Å². The van der Waals surface area contributed by atoms with Gasteiger partial charge in [0.25, 0.3) is 5.91 Å². The Kier molecular flexibility index (Phi) is 6.74. The highest BCUT2D eigenvalue weighted by molar-refractivity contribution is 5.99. The molecule has 170 valence electrons. The van der Waals surface area contributed by atoms with Crippen LogP contribution in [0.1, 0.15) is 52.7 Å². The molecule has 1 saturated heterocycles. The Balaban J connectivity index is 1.46. The van der Waals surface area contributed by atoms with Crippen molar-refractivity contribution in [3.63, 3.8) is 0 Å². The number of amides is 2. The monoisotopic (exact) mass is 445 g/mol. The number of hydrogen-bond donors (Lipinski definition) is 0. The minimum atomic E-state index is -0.529. The zero-order chi connectivity index (χ0) is 23.4. The van der Waals surface area contributed by atoms with Crippen molar-refractivity contribution in [2.75, 3.05) is 25.1 Å². The number of carbonyl (C=O) groups excluding carboxylic acids is 3. The van der Waals surface area contributed by atoms with Crippen LogP contribution in [-0.4, -0.2) is 48.9 Å². The van der Waals surface area contributed by atoms with Gasteiger partial charge in [-0.15, -0.1) is 0 Å². The molecule has 1 unspecified atom stereocenters. The molecule has 2 aliphatic heterocycles. The lowest BCUT2D eigenvalue weighted by Crippen LogP contribution is -2.41. The van der Waals surface area contributed by atoms with Crippen LogP contribution in [-0.2, 0) is 27.2 Å². The average Bonchev–Trinajstić information content (AvgIpc) is 3.36. The summed E-state index contributed by atoms with van der Waals surface area (Å²) in [6.45, 7) is 1.19. The molecule has 0 saturated carbocycles. The molecule has 0 aliphatic carbocycles. The summed E-state index contributed by atoms with van der Waals surface area (Å²) in [5, 5.41) is 8.92. The summed E-state index contributed by atoms with van der Waals surface area (Å²) in [7, 11) is 1.34. The van der Waals surface area contributed by atoms with Crippen molar-refractivity contribution >= 4 is 23.5 Å². The van der Waals surface area contributed by atoms with Crippen LogP contribution in [0.4, 0.5) is 5.69 Å². The zero-order valence-corrected chi connectivity index (χ0v) is 18.8. The SMILES string of the molecule is COC(=O)C1CCCN1C(=O)c1ccc2c(c1)CCCN2C(=O)CCc1ccc(C#N)cc1. The van der Waals surface area contributed by atoms with E-state index in [1.165, 1.54) is 7.11 Å². The molecule has 0 radical (unpaired) electrons. The fraction of sp³-hybridized carbons (Fsp3) is 0.385. The number of fused-ring (bicyclic) bond motifs is 1. The number of aryl methyl sites for hydroxylation is 2. The number of hydrogen-bond acceptors (Lipinski definition) is 5. The van der Waals surface area contributed by atoms with Gasteiger partial charge in [0.05, 0.1) is 18.7 Å². The van der Waals surface area contributed by atoms with E-state index < -0.39 is 6.04 Å². The average molecular weight is 446 g/mol. The van der Waals surface area contributed by atoms with Gasteiger partial charge in [-0.05, 0) is 73.6 Å². The van der Waals surface area contributed by atoms with Crippen molar-refractivity contribution in [1.29, 1.82) is 5.26 Å². The predicted molar refractivity (Wildman–Crippen MR) is 123 cm³/mol. The van der Waals surface area contributed by atoms with Gasteiger partial charge in [0, 0.05) is 30.8 Å². The highest BCUT2D eigenvalue weighted by atomic mass is 16.5. The first-order valence-corrected chi connectivity index (χ1v) is 11.3. The van der Waals surface area contributed by atoms with E-state index in [-0.39, 0.29) is 17.8 Å². The number of likely N-dealkylation sites (tertiary alicyclic amines) is 1. The van der Waals surface area contributed by atoms with Crippen LogP contribution in [0, 0.1) is 11.3 Å². The summed E-state index contributed by atoms with van der Waals surface area (Å²) in [4.78, 5) is 41.5. The van der Waals surface area contributed by atoms with E-state index in [1.807, 2.05) is 29.2 Å². The van der Waals surface area contributed by atoms with Gasteiger partial charge in [0.1, 0.15) is 6.04 Å². The molecular formula is C26H27N3O4. The number of rotatable bonds is 5. The molecule has 0 aromatic heterocycles. The lowest BCUT2D eigenvalue weighted by atomic mass is 9.97. The number of ether oxygens (including phenoxy) is 1. The van der Waals surface area contributed by atoms with E-state index >= 15 is 0 Å². The molecule has 2 amide bonds. The number of nitriles is 1. The van der Waals surface area contributed by atoms with Crippen LogP contribution in [0.5, 0.6) is 0 Å². The Morgan fingerprint density at radius 2 is 1.88 bits per heavy atom. The highest BCUT2D eigenvalue weighted by Gasteiger charge is 2.35. The van der Waals surface area contributed by atoms with E-state index in [2.05, 4.69) is 6.07 Å². The number of methoxy groups -OCH3 is 1. The highest BCUT2D eigenvalue weighted by Crippen LogP contribution is 2.30. The minimum Gasteiger partial charge on any atom is -0.467 e. The van der Waals surface area contributed by atoms with Crippen molar-refractivity contribution in [2.45, 2.75) is 44.6 Å². The van der Waals surface area contributed by atoms with Crippen molar-refractivity contribution in [1.82, 2.24) is 4.90 Å². The maximum absolute atomic E-state index is 13.1. The normalized spacial score (nSPS) is 17.3. The second kappa shape index (κ2) is 9.86. The van der Waals surface area contributed by atoms with Gasteiger partial charge >= 0.3 is 5.97 Å². The molecule has 1 fully saturated rings. The molecule has 0 N–H and O–H groups in total. The molecule has 0 bridgehead atoms. The maximum atomic E-state index is 13.1. The maximum Gasteiger partial charge on any atom is 0.328 e. The summed E-state index contributed by atoms with van der Waals surface area (Å²) in [6, 6.07) is 14.3. The van der Waals surface area contributed by atoms with Gasteiger partial charge in [0.15, 0.2) is 0 Å². The largest absolute Gasteiger partial charge is 0.467 e. The number of nitrogens with zero attached hydrogens (tertiary/aromatic N) is 3. The van der Waals surface area contributed by atoms with Crippen LogP contribution in [0.2, 0.25) is 0 Å². The fourth-order valence-electron chi connectivity index (χ4n) is 4.68. The van der Waals surface area contributed by atoms with Gasteiger partial charge < -0.3 is 14.5 Å². The van der Waals surface area contributed by atoms with Crippen molar-refractivity contribution in [3.8, 4) is 6.07 Å². The smallest absolute Gasteiger partial charge is 0.328 e. The van der Waals surface area contributed by atoms with Gasteiger partial charge in [-0.1, -0.05) is 12.1 Å². The molecule has 7 heteroatoms. The molecular weight excluding hydrogens is 418 g/mol. The lowest BCUT2D eigenvalue weighted by molar-refractivity contribution is -0.145. The van der Waals surface area contributed by atoms with Crippen molar-refractivity contribution < 1.29 is 19.1 Å². The Hall–Kier alpha value is -3.66. The lowest BCUT2D eigenvalue weighted by Gasteiger charge is -2.30. The second-order valence-electron chi connectivity index (χ2n) is 8.48. The third kappa shape index (κ3) is 4.75. The molecule has 7 nitrogen and oxygen atoms in total. The summed E-state index contributed by atoms with van der Waals surface area (Å²) in [5.41, 5.74) is 4.00. The van der Waals surface area contributed by atoms with Crippen LogP contribution in [0.25, 0.3) is 0 Å². The van der Waals surface area contributed by atoms with E-state index in [1.54, 1.807) is 23.1 Å². The Labute approximate surface area is 193 Å². The molecule has 1 atom stereocenters. The van der Waals surface area contributed by atoms with Crippen molar-refractivity contribution in [3.05, 3.63) is 64.7 Å². The summed E-state index contributed by atoms with van der Waals surface area (Å²) < 4.78 is 4.86. The first kappa shape index (κ1) is 22.5. The quantitative estimate of drug-likeness (QED) is 0.659. The number of benzene rings is 2. The van der Waals surface area contributed by atoms with E-state index in [0.29, 0.717) is 43.5 Å². The van der Waals surface area contributed by atoms with Gasteiger partial charge in [-0.2, -0.15) is 5.26 Å². The van der Waals surface area contributed by atoms with Gasteiger partial charge in [-0.25, -0.2) is 4.79 Å². The zero-order valence-electron chi connectivity index (χ0n) is 18.8.